The molecule has 4 rings (SSSR count). The van der Waals surface area contributed by atoms with Crippen molar-refractivity contribution in [1.29, 1.82) is 0 Å². The van der Waals surface area contributed by atoms with Crippen molar-refractivity contribution >= 4 is 5.97 Å². The lowest BCUT2D eigenvalue weighted by atomic mass is 9.50. The number of hydrogen-bond donors (Lipinski definition) is 1. The monoisotopic (exact) mass is 400 g/mol. The van der Waals surface area contributed by atoms with Crippen molar-refractivity contribution in [2.24, 2.45) is 52.8 Å². The van der Waals surface area contributed by atoms with Crippen LogP contribution in [-0.4, -0.2) is 11.1 Å². The molecule has 0 bridgehead atoms. The van der Waals surface area contributed by atoms with Crippen molar-refractivity contribution in [1.82, 2.24) is 0 Å². The zero-order chi connectivity index (χ0) is 20.8. The highest BCUT2D eigenvalue weighted by molar-refractivity contribution is 5.70. The highest BCUT2D eigenvalue weighted by atomic mass is 16.4. The number of aliphatic carboxylic acids is 1. The summed E-state index contributed by atoms with van der Waals surface area (Å²) in [6.45, 7) is 9.92. The first kappa shape index (κ1) is 21.4. The standard InChI is InChI=1S/C27H44O2/c1-17(2)6-5-7-18(3)24-12-13-25-23-11-8-19-16-20(26(28)29)9-10-21(19)22(23)14-15-27(24,25)4/h8,17-18,20-25H,5-7,9-16H2,1-4H3,(H,28,29)/t18-,20+,21-,22-,23+,24-,25+,27+/m0/s1. The SMILES string of the molecule is CC(C)CCC[C@H](C)[C@@H]1CC[C@@H]2[C@@H]3CC=C4C[C@H](C(=O)O)CC[C@@H]4[C@@H]3CC[C@@]21C. The summed E-state index contributed by atoms with van der Waals surface area (Å²) in [6, 6.07) is 0. The minimum absolute atomic E-state index is 0.120. The molecule has 0 amide bonds. The van der Waals surface area contributed by atoms with Crippen LogP contribution in [0.4, 0.5) is 0 Å². The van der Waals surface area contributed by atoms with Crippen LogP contribution < -0.4 is 0 Å². The maximum Gasteiger partial charge on any atom is 0.306 e. The molecule has 0 unspecified atom stereocenters. The fourth-order valence-electron chi connectivity index (χ4n) is 8.51. The number of rotatable bonds is 6. The van der Waals surface area contributed by atoms with Gasteiger partial charge in [0.1, 0.15) is 0 Å². The molecule has 0 saturated heterocycles. The van der Waals surface area contributed by atoms with Gasteiger partial charge >= 0.3 is 5.97 Å². The molecule has 3 saturated carbocycles. The molecule has 1 N–H and O–H groups in total. The van der Waals surface area contributed by atoms with E-state index >= 15 is 0 Å². The number of carboxylic acids is 1. The molecule has 2 heteroatoms. The third kappa shape index (κ3) is 3.94. The number of carboxylic acid groups (broad SMARTS) is 1. The molecule has 3 fully saturated rings. The first-order chi connectivity index (χ1) is 13.8. The van der Waals surface area contributed by atoms with E-state index in [2.05, 4.69) is 33.8 Å². The van der Waals surface area contributed by atoms with Gasteiger partial charge in [-0.05, 0) is 98.2 Å². The zero-order valence-corrected chi connectivity index (χ0v) is 19.3. The average molecular weight is 401 g/mol. The number of allylic oxidation sites excluding steroid dienone is 2. The fourth-order valence-corrected chi connectivity index (χ4v) is 8.51. The Balaban J connectivity index is 1.44. The maximum absolute atomic E-state index is 11.5. The Bertz CT molecular complexity index is 634. The lowest BCUT2D eigenvalue weighted by molar-refractivity contribution is -0.142. The Labute approximate surface area is 178 Å². The van der Waals surface area contributed by atoms with Crippen molar-refractivity contribution in [3.63, 3.8) is 0 Å². The van der Waals surface area contributed by atoms with E-state index in [0.29, 0.717) is 11.3 Å². The van der Waals surface area contributed by atoms with Gasteiger partial charge in [0.25, 0.3) is 0 Å². The molecule has 29 heavy (non-hydrogen) atoms. The number of hydrogen-bond acceptors (Lipinski definition) is 1. The average Bonchev–Trinajstić information content (AvgIpc) is 3.04. The van der Waals surface area contributed by atoms with Crippen LogP contribution in [0.15, 0.2) is 11.6 Å². The number of fused-ring (bicyclic) bond motifs is 5. The second-order valence-corrected chi connectivity index (χ2v) is 11.9. The van der Waals surface area contributed by atoms with E-state index < -0.39 is 5.97 Å². The van der Waals surface area contributed by atoms with E-state index in [4.69, 9.17) is 0 Å². The van der Waals surface area contributed by atoms with Crippen LogP contribution in [0, 0.1) is 52.8 Å². The lowest BCUT2D eigenvalue weighted by Gasteiger charge is -2.54. The minimum Gasteiger partial charge on any atom is -0.481 e. The zero-order valence-electron chi connectivity index (χ0n) is 19.3. The van der Waals surface area contributed by atoms with Crippen LogP contribution >= 0.6 is 0 Å². The van der Waals surface area contributed by atoms with Gasteiger partial charge in [0.15, 0.2) is 0 Å². The largest absolute Gasteiger partial charge is 0.481 e. The molecule has 0 aliphatic heterocycles. The highest BCUT2D eigenvalue weighted by Gasteiger charge is 2.56. The van der Waals surface area contributed by atoms with Gasteiger partial charge in [-0.2, -0.15) is 0 Å². The molecule has 0 spiro atoms. The highest BCUT2D eigenvalue weighted by Crippen LogP contribution is 2.65. The predicted octanol–water partition coefficient (Wildman–Crippen LogP) is 7.34. The Kier molecular flexibility index (Phi) is 6.20. The van der Waals surface area contributed by atoms with Gasteiger partial charge < -0.3 is 5.11 Å². The first-order valence-electron chi connectivity index (χ1n) is 12.7. The molecule has 0 aromatic heterocycles. The molecule has 0 aromatic carbocycles. The molecule has 4 aliphatic rings. The molecule has 164 valence electrons. The van der Waals surface area contributed by atoms with E-state index in [9.17, 15) is 9.90 Å². The van der Waals surface area contributed by atoms with Crippen LogP contribution in [-0.2, 0) is 4.79 Å². The van der Waals surface area contributed by atoms with Gasteiger partial charge in [0.2, 0.25) is 0 Å². The van der Waals surface area contributed by atoms with Crippen LogP contribution in [0.3, 0.4) is 0 Å². The topological polar surface area (TPSA) is 37.3 Å². The summed E-state index contributed by atoms with van der Waals surface area (Å²) >= 11 is 0. The predicted molar refractivity (Wildman–Crippen MR) is 120 cm³/mol. The Morgan fingerprint density at radius 3 is 2.62 bits per heavy atom. The quantitative estimate of drug-likeness (QED) is 0.474. The Hall–Kier alpha value is -0.790. The molecular weight excluding hydrogens is 356 g/mol. The number of carbonyl (C=O) groups is 1. The molecule has 8 atom stereocenters. The van der Waals surface area contributed by atoms with Crippen LogP contribution in [0.5, 0.6) is 0 Å². The molecule has 0 heterocycles. The molecule has 0 radical (unpaired) electrons. The minimum atomic E-state index is -0.576. The summed E-state index contributed by atoms with van der Waals surface area (Å²) in [7, 11) is 0. The van der Waals surface area contributed by atoms with Crippen LogP contribution in [0.2, 0.25) is 0 Å². The van der Waals surface area contributed by atoms with E-state index in [0.717, 1.165) is 54.8 Å². The molecule has 2 nitrogen and oxygen atoms in total. The van der Waals surface area contributed by atoms with Gasteiger partial charge in [-0.25, -0.2) is 0 Å². The summed E-state index contributed by atoms with van der Waals surface area (Å²) in [5.74, 6) is 5.27. The van der Waals surface area contributed by atoms with Gasteiger partial charge in [-0.15, -0.1) is 0 Å². The van der Waals surface area contributed by atoms with Crippen molar-refractivity contribution in [3.05, 3.63) is 11.6 Å². The third-order valence-electron chi connectivity index (χ3n) is 10.00. The van der Waals surface area contributed by atoms with E-state index in [1.807, 2.05) is 0 Å². The molecule has 0 aromatic rings. The normalized spacial score (nSPS) is 42.6. The van der Waals surface area contributed by atoms with Gasteiger partial charge in [0.05, 0.1) is 5.92 Å². The summed E-state index contributed by atoms with van der Waals surface area (Å²) in [6.07, 6.45) is 16.5. The first-order valence-corrected chi connectivity index (χ1v) is 12.7. The summed E-state index contributed by atoms with van der Waals surface area (Å²) in [4.78, 5) is 11.5. The van der Waals surface area contributed by atoms with E-state index in [1.165, 1.54) is 56.9 Å². The third-order valence-corrected chi connectivity index (χ3v) is 10.00. The summed E-state index contributed by atoms with van der Waals surface area (Å²) in [5, 5.41) is 9.46. The maximum atomic E-state index is 11.5. The van der Waals surface area contributed by atoms with Gasteiger partial charge in [0, 0.05) is 0 Å². The summed E-state index contributed by atoms with van der Waals surface area (Å²) < 4.78 is 0. The van der Waals surface area contributed by atoms with Crippen LogP contribution in [0.25, 0.3) is 0 Å². The smallest absolute Gasteiger partial charge is 0.306 e. The van der Waals surface area contributed by atoms with Crippen LogP contribution in [0.1, 0.15) is 98.3 Å². The van der Waals surface area contributed by atoms with Crippen molar-refractivity contribution in [2.45, 2.75) is 98.3 Å². The Morgan fingerprint density at radius 2 is 1.90 bits per heavy atom. The van der Waals surface area contributed by atoms with E-state index in [-0.39, 0.29) is 5.92 Å². The Morgan fingerprint density at radius 1 is 1.10 bits per heavy atom. The van der Waals surface area contributed by atoms with Gasteiger partial charge in [-0.1, -0.05) is 58.6 Å². The van der Waals surface area contributed by atoms with Crippen molar-refractivity contribution in [2.75, 3.05) is 0 Å². The fraction of sp³-hybridized carbons (Fsp3) is 0.889. The van der Waals surface area contributed by atoms with Gasteiger partial charge in [-0.3, -0.25) is 4.79 Å². The van der Waals surface area contributed by atoms with Crippen molar-refractivity contribution < 1.29 is 9.90 Å². The lowest BCUT2D eigenvalue weighted by Crippen LogP contribution is -2.47. The second-order valence-electron chi connectivity index (χ2n) is 11.9. The second kappa shape index (κ2) is 8.39. The van der Waals surface area contributed by atoms with Crippen molar-refractivity contribution in [3.8, 4) is 0 Å². The summed E-state index contributed by atoms with van der Waals surface area (Å²) in [5.41, 5.74) is 2.08. The molecular formula is C27H44O2. The molecule has 4 aliphatic carbocycles. The van der Waals surface area contributed by atoms with E-state index in [1.54, 1.807) is 0 Å².